The summed E-state index contributed by atoms with van der Waals surface area (Å²) >= 11 is 0. The third-order valence-electron chi connectivity index (χ3n) is 10.3. The summed E-state index contributed by atoms with van der Waals surface area (Å²) < 4.78 is 7.58. The fraction of sp³-hybridized carbons (Fsp3) is 0. The lowest BCUT2D eigenvalue weighted by Crippen LogP contribution is -2.53. The summed E-state index contributed by atoms with van der Waals surface area (Å²) in [5, 5.41) is 7.74. The van der Waals surface area contributed by atoms with E-state index in [4.69, 9.17) is 0 Å². The maximum atomic E-state index is 2.66. The molecule has 10 aromatic rings. The van der Waals surface area contributed by atoms with Crippen molar-refractivity contribution in [3.05, 3.63) is 158 Å². The summed E-state index contributed by atoms with van der Waals surface area (Å²) in [5.41, 5.74) is 12.6. The second-order valence-corrected chi connectivity index (χ2v) is 12.5. The number of aromatic nitrogens is 3. The SMILES string of the molecule is c1ccc(-n2c3ccccc3c3c4c(ccc32)c2ccccc2n4B2c3ccccc3-n3c4ccccc4c4cccc2c43)cc1. The van der Waals surface area contributed by atoms with E-state index in [0.717, 1.165) is 0 Å². The Labute approximate surface area is 265 Å². The summed E-state index contributed by atoms with van der Waals surface area (Å²) in [4.78, 5) is 0. The number of para-hydroxylation sites is 6. The molecular weight excluding hydrogens is 557 g/mol. The molecule has 3 aromatic heterocycles. The van der Waals surface area contributed by atoms with E-state index in [1.807, 2.05) is 0 Å². The molecule has 0 aliphatic carbocycles. The highest BCUT2D eigenvalue weighted by atomic mass is 15.0. The molecule has 0 fully saturated rings. The number of nitrogens with zero attached hydrogens (tertiary/aromatic N) is 3. The van der Waals surface area contributed by atoms with Crippen molar-refractivity contribution in [1.82, 2.24) is 13.6 Å². The van der Waals surface area contributed by atoms with E-state index in [0.29, 0.717) is 0 Å². The number of benzene rings is 7. The molecule has 4 heterocycles. The van der Waals surface area contributed by atoms with Gasteiger partial charge in [0.15, 0.2) is 0 Å². The van der Waals surface area contributed by atoms with E-state index in [2.05, 4.69) is 171 Å². The van der Waals surface area contributed by atoms with Crippen LogP contribution in [0.1, 0.15) is 0 Å². The van der Waals surface area contributed by atoms with Crippen LogP contribution in [0.4, 0.5) is 0 Å². The average Bonchev–Trinajstić information content (AvgIpc) is 3.76. The summed E-state index contributed by atoms with van der Waals surface area (Å²) in [5.74, 6) is 0. The van der Waals surface area contributed by atoms with Gasteiger partial charge in [0.1, 0.15) is 0 Å². The van der Waals surface area contributed by atoms with Gasteiger partial charge in [-0.05, 0) is 53.4 Å². The standard InChI is InChI=1S/C42H26BN3/c1-2-13-27(14-3-1)44-36-22-9-6-17-32(36)40-39(44)26-25-31-29-16-5-10-23-37(29)46(42(31)40)43-33-19-7-11-24-38(33)45-35-21-8-4-15-28(35)30-18-12-20-34(43)41(30)45/h1-26H. The van der Waals surface area contributed by atoms with Crippen LogP contribution >= 0.6 is 0 Å². The normalized spacial score (nSPS) is 12.7. The van der Waals surface area contributed by atoms with Crippen LogP contribution in [0.3, 0.4) is 0 Å². The van der Waals surface area contributed by atoms with Gasteiger partial charge in [0.2, 0.25) is 0 Å². The van der Waals surface area contributed by atoms with Gasteiger partial charge >= 0.3 is 6.85 Å². The van der Waals surface area contributed by atoms with Crippen LogP contribution in [-0.4, -0.2) is 20.5 Å². The van der Waals surface area contributed by atoms with E-state index in [9.17, 15) is 0 Å². The van der Waals surface area contributed by atoms with Gasteiger partial charge in [-0.25, -0.2) is 0 Å². The quantitative estimate of drug-likeness (QED) is 0.181. The summed E-state index contributed by atoms with van der Waals surface area (Å²) in [7, 11) is 0. The zero-order valence-corrected chi connectivity index (χ0v) is 24.9. The van der Waals surface area contributed by atoms with Crippen molar-refractivity contribution >= 4 is 83.2 Å². The number of hydrogen-bond acceptors (Lipinski definition) is 0. The van der Waals surface area contributed by atoms with Crippen molar-refractivity contribution in [3.8, 4) is 11.4 Å². The van der Waals surface area contributed by atoms with Gasteiger partial charge < -0.3 is 13.6 Å². The number of hydrogen-bond donors (Lipinski definition) is 0. The minimum atomic E-state index is -0.0106. The molecule has 3 nitrogen and oxygen atoms in total. The van der Waals surface area contributed by atoms with Crippen molar-refractivity contribution < 1.29 is 0 Å². The molecule has 1 aliphatic rings. The molecule has 0 radical (unpaired) electrons. The maximum absolute atomic E-state index is 2.66. The maximum Gasteiger partial charge on any atom is 0.332 e. The highest BCUT2D eigenvalue weighted by molar-refractivity contribution is 6.88. The summed E-state index contributed by atoms with van der Waals surface area (Å²) in [6.07, 6.45) is 0. The van der Waals surface area contributed by atoms with Crippen molar-refractivity contribution in [3.63, 3.8) is 0 Å². The molecule has 4 heteroatoms. The van der Waals surface area contributed by atoms with Crippen molar-refractivity contribution in [1.29, 1.82) is 0 Å². The fourth-order valence-electron chi connectivity index (χ4n) is 8.55. The van der Waals surface area contributed by atoms with Crippen LogP contribution in [0.25, 0.3) is 76.8 Å². The van der Waals surface area contributed by atoms with Gasteiger partial charge in [-0.2, -0.15) is 0 Å². The Morgan fingerprint density at radius 1 is 0.348 bits per heavy atom. The fourth-order valence-corrected chi connectivity index (χ4v) is 8.55. The zero-order valence-electron chi connectivity index (χ0n) is 24.9. The van der Waals surface area contributed by atoms with E-state index in [-0.39, 0.29) is 6.85 Å². The minimum Gasteiger partial charge on any atom is -0.375 e. The van der Waals surface area contributed by atoms with Gasteiger partial charge in [-0.3, -0.25) is 0 Å². The van der Waals surface area contributed by atoms with Crippen molar-refractivity contribution in [2.45, 2.75) is 0 Å². The Kier molecular flexibility index (Phi) is 4.66. The van der Waals surface area contributed by atoms with Crippen LogP contribution in [0.2, 0.25) is 0 Å². The Morgan fingerprint density at radius 3 is 1.76 bits per heavy atom. The third kappa shape index (κ3) is 2.94. The molecule has 0 unspecified atom stereocenters. The molecule has 0 saturated heterocycles. The lowest BCUT2D eigenvalue weighted by atomic mass is 9.48. The van der Waals surface area contributed by atoms with Crippen LogP contribution < -0.4 is 10.9 Å². The smallest absolute Gasteiger partial charge is 0.332 e. The topological polar surface area (TPSA) is 14.8 Å². The van der Waals surface area contributed by atoms with Crippen LogP contribution in [0.15, 0.2) is 158 Å². The Morgan fingerprint density at radius 2 is 0.935 bits per heavy atom. The van der Waals surface area contributed by atoms with E-state index in [1.54, 1.807) is 0 Å². The Balaban J connectivity index is 1.37. The molecule has 0 N–H and O–H groups in total. The highest BCUT2D eigenvalue weighted by Crippen LogP contribution is 2.42. The molecule has 46 heavy (non-hydrogen) atoms. The predicted octanol–water partition coefficient (Wildman–Crippen LogP) is 8.96. The van der Waals surface area contributed by atoms with Gasteiger partial charge in [0.05, 0.1) is 22.1 Å². The monoisotopic (exact) mass is 583 g/mol. The lowest BCUT2D eigenvalue weighted by Gasteiger charge is -2.28. The molecule has 0 bridgehead atoms. The van der Waals surface area contributed by atoms with E-state index in [1.165, 1.54) is 87.7 Å². The summed E-state index contributed by atoms with van der Waals surface area (Å²) in [6, 6.07) is 58.1. The van der Waals surface area contributed by atoms with Gasteiger partial charge in [0.25, 0.3) is 0 Å². The second kappa shape index (κ2) is 8.80. The molecule has 0 amide bonds. The first-order valence-corrected chi connectivity index (χ1v) is 16.0. The van der Waals surface area contributed by atoms with Crippen LogP contribution in [0, 0.1) is 0 Å². The molecular formula is C42H26BN3. The van der Waals surface area contributed by atoms with Crippen LogP contribution in [0.5, 0.6) is 0 Å². The molecule has 11 rings (SSSR count). The minimum absolute atomic E-state index is 0.0106. The van der Waals surface area contributed by atoms with Crippen molar-refractivity contribution in [2.75, 3.05) is 0 Å². The first-order chi connectivity index (χ1) is 22.9. The lowest BCUT2D eigenvalue weighted by molar-refractivity contribution is 1.18. The molecule has 7 aromatic carbocycles. The summed E-state index contributed by atoms with van der Waals surface area (Å²) in [6.45, 7) is -0.0106. The van der Waals surface area contributed by atoms with Gasteiger partial charge in [-0.1, -0.05) is 115 Å². The molecule has 1 aliphatic heterocycles. The molecule has 0 atom stereocenters. The van der Waals surface area contributed by atoms with Gasteiger partial charge in [0, 0.05) is 54.7 Å². The van der Waals surface area contributed by atoms with E-state index < -0.39 is 0 Å². The second-order valence-electron chi connectivity index (χ2n) is 12.5. The molecule has 212 valence electrons. The number of rotatable bonds is 2. The highest BCUT2D eigenvalue weighted by Gasteiger charge is 2.36. The number of fused-ring (bicyclic) bond motifs is 12. The average molecular weight is 584 g/mol. The van der Waals surface area contributed by atoms with Crippen LogP contribution in [-0.2, 0) is 0 Å². The van der Waals surface area contributed by atoms with Gasteiger partial charge in [-0.15, -0.1) is 0 Å². The Hall–Kier alpha value is -6.00. The molecule has 0 saturated carbocycles. The van der Waals surface area contributed by atoms with E-state index >= 15 is 0 Å². The zero-order chi connectivity index (χ0) is 29.9. The first kappa shape index (κ1) is 24.3. The van der Waals surface area contributed by atoms with Crippen molar-refractivity contribution in [2.24, 2.45) is 0 Å². The predicted molar refractivity (Wildman–Crippen MR) is 195 cm³/mol. The molecule has 0 spiro atoms. The Bertz CT molecular complexity index is 2870. The first-order valence-electron chi connectivity index (χ1n) is 16.0. The third-order valence-corrected chi connectivity index (χ3v) is 10.3. The largest absolute Gasteiger partial charge is 0.375 e.